The molecule has 0 atom stereocenters. The number of benzene rings is 2. The summed E-state index contributed by atoms with van der Waals surface area (Å²) in [5, 5.41) is 3.28. The van der Waals surface area contributed by atoms with Crippen LogP contribution < -0.4 is 14.8 Å². The molecule has 0 aromatic heterocycles. The Morgan fingerprint density at radius 3 is 2.60 bits per heavy atom. The standard InChI is InChI=1S/C18H14ClNO3S2/c1-22-15-8-12(9-16-17(21)20-18(24)25-16)4-7-14(15)23-10-11-2-5-13(19)6-3-11/h2-9H,10H2,1H3,(H,20,21,24)/b16-9+. The number of hydrogen-bond donors (Lipinski definition) is 1. The molecular weight excluding hydrogens is 378 g/mol. The van der Waals surface area contributed by atoms with Crippen LogP contribution in [0.1, 0.15) is 11.1 Å². The van der Waals surface area contributed by atoms with Crippen molar-refractivity contribution >= 4 is 51.9 Å². The molecule has 4 nitrogen and oxygen atoms in total. The van der Waals surface area contributed by atoms with Crippen LogP contribution in [0.3, 0.4) is 0 Å². The molecule has 1 aliphatic heterocycles. The highest BCUT2D eigenvalue weighted by Gasteiger charge is 2.22. The monoisotopic (exact) mass is 391 g/mol. The van der Waals surface area contributed by atoms with Crippen LogP contribution in [0.4, 0.5) is 0 Å². The van der Waals surface area contributed by atoms with Gasteiger partial charge in [-0.2, -0.15) is 0 Å². The molecule has 2 aromatic rings. The molecule has 0 aliphatic carbocycles. The summed E-state index contributed by atoms with van der Waals surface area (Å²) in [6.07, 6.45) is 1.77. The Morgan fingerprint density at radius 1 is 1.20 bits per heavy atom. The van der Waals surface area contributed by atoms with Crippen molar-refractivity contribution in [2.75, 3.05) is 7.11 Å². The number of halogens is 1. The molecule has 25 heavy (non-hydrogen) atoms. The van der Waals surface area contributed by atoms with Gasteiger partial charge in [-0.1, -0.05) is 53.8 Å². The molecule has 0 bridgehead atoms. The van der Waals surface area contributed by atoms with Gasteiger partial charge in [-0.05, 0) is 41.5 Å². The van der Waals surface area contributed by atoms with Crippen molar-refractivity contribution in [3.05, 3.63) is 63.5 Å². The maximum atomic E-state index is 11.7. The first-order valence-corrected chi connectivity index (χ1v) is 8.95. The number of nitrogens with one attached hydrogen (secondary N) is 1. The van der Waals surface area contributed by atoms with Gasteiger partial charge < -0.3 is 14.8 Å². The van der Waals surface area contributed by atoms with Crippen LogP contribution in [0.2, 0.25) is 5.02 Å². The lowest BCUT2D eigenvalue weighted by Crippen LogP contribution is -2.17. The molecule has 7 heteroatoms. The van der Waals surface area contributed by atoms with Crippen molar-refractivity contribution in [2.45, 2.75) is 6.61 Å². The SMILES string of the molecule is COc1cc(/C=C2/SC(=S)NC2=O)ccc1OCc1ccc(Cl)cc1. The minimum Gasteiger partial charge on any atom is -0.493 e. The number of ether oxygens (including phenoxy) is 2. The fourth-order valence-corrected chi connectivity index (χ4v) is 3.38. The highest BCUT2D eigenvalue weighted by molar-refractivity contribution is 8.26. The van der Waals surface area contributed by atoms with Crippen LogP contribution in [0.15, 0.2) is 47.4 Å². The second-order valence-corrected chi connectivity index (χ2v) is 7.33. The van der Waals surface area contributed by atoms with Crippen LogP contribution in [-0.4, -0.2) is 17.3 Å². The Hall–Kier alpha value is -2.02. The fraction of sp³-hybridized carbons (Fsp3) is 0.111. The molecule has 1 saturated heterocycles. The topological polar surface area (TPSA) is 47.6 Å². The van der Waals surface area contributed by atoms with Crippen LogP contribution in [-0.2, 0) is 11.4 Å². The molecule has 2 aromatic carbocycles. The van der Waals surface area contributed by atoms with Crippen molar-refractivity contribution in [1.82, 2.24) is 5.32 Å². The van der Waals surface area contributed by atoms with Crippen LogP contribution in [0.25, 0.3) is 6.08 Å². The Labute approximate surface area is 160 Å². The van der Waals surface area contributed by atoms with Gasteiger partial charge in [0.05, 0.1) is 12.0 Å². The Balaban J connectivity index is 1.75. The third-order valence-electron chi connectivity index (χ3n) is 3.44. The van der Waals surface area contributed by atoms with Crippen molar-refractivity contribution < 1.29 is 14.3 Å². The number of carbonyl (C=O) groups is 1. The van der Waals surface area contributed by atoms with Crippen LogP contribution in [0, 0.1) is 0 Å². The predicted molar refractivity (Wildman–Crippen MR) is 105 cm³/mol. The lowest BCUT2D eigenvalue weighted by atomic mass is 10.2. The van der Waals surface area contributed by atoms with E-state index in [0.717, 1.165) is 11.1 Å². The van der Waals surface area contributed by atoms with Gasteiger partial charge in [0.1, 0.15) is 10.9 Å². The van der Waals surface area contributed by atoms with Crippen molar-refractivity contribution in [2.24, 2.45) is 0 Å². The first kappa shape index (κ1) is 17.8. The van der Waals surface area contributed by atoms with E-state index in [1.165, 1.54) is 11.8 Å². The third kappa shape index (κ3) is 4.54. The maximum Gasteiger partial charge on any atom is 0.263 e. The second-order valence-electron chi connectivity index (χ2n) is 5.18. The molecule has 1 N–H and O–H groups in total. The fourth-order valence-electron chi connectivity index (χ4n) is 2.21. The molecule has 1 aliphatic rings. The smallest absolute Gasteiger partial charge is 0.263 e. The zero-order valence-corrected chi connectivity index (χ0v) is 15.6. The number of amides is 1. The van der Waals surface area contributed by atoms with E-state index < -0.39 is 0 Å². The number of hydrogen-bond acceptors (Lipinski definition) is 5. The highest BCUT2D eigenvalue weighted by Crippen LogP contribution is 2.32. The molecule has 1 fully saturated rings. The summed E-state index contributed by atoms with van der Waals surface area (Å²) in [6.45, 7) is 0.403. The van der Waals surface area contributed by atoms with E-state index in [2.05, 4.69) is 5.32 Å². The summed E-state index contributed by atoms with van der Waals surface area (Å²) >= 11 is 12.1. The number of thiocarbonyl (C=S) groups is 1. The molecule has 0 saturated carbocycles. The van der Waals surface area contributed by atoms with Gasteiger partial charge in [0, 0.05) is 5.02 Å². The first-order chi connectivity index (χ1) is 12.0. The number of carbonyl (C=O) groups excluding carboxylic acids is 1. The maximum absolute atomic E-state index is 11.7. The first-order valence-electron chi connectivity index (χ1n) is 7.35. The van der Waals surface area contributed by atoms with Crippen molar-refractivity contribution in [3.63, 3.8) is 0 Å². The zero-order valence-electron chi connectivity index (χ0n) is 13.2. The predicted octanol–water partition coefficient (Wildman–Crippen LogP) is 4.42. The summed E-state index contributed by atoms with van der Waals surface area (Å²) in [4.78, 5) is 12.3. The second kappa shape index (κ2) is 7.91. The summed E-state index contributed by atoms with van der Waals surface area (Å²) in [7, 11) is 1.58. The van der Waals surface area contributed by atoms with Gasteiger partial charge in [0.2, 0.25) is 0 Å². The van der Waals surface area contributed by atoms with Crippen molar-refractivity contribution in [3.8, 4) is 11.5 Å². The Bertz CT molecular complexity index is 850. The largest absolute Gasteiger partial charge is 0.493 e. The normalized spacial score (nSPS) is 15.4. The summed E-state index contributed by atoms with van der Waals surface area (Å²) in [5.41, 5.74) is 1.84. The number of thioether (sulfide) groups is 1. The average molecular weight is 392 g/mol. The van der Waals surface area contributed by atoms with Gasteiger partial charge >= 0.3 is 0 Å². The average Bonchev–Trinajstić information content (AvgIpc) is 2.92. The molecule has 1 amide bonds. The lowest BCUT2D eigenvalue weighted by molar-refractivity contribution is -0.115. The number of methoxy groups -OCH3 is 1. The van der Waals surface area contributed by atoms with E-state index in [1.807, 2.05) is 42.5 Å². The van der Waals surface area contributed by atoms with E-state index in [0.29, 0.717) is 32.4 Å². The van der Waals surface area contributed by atoms with Crippen LogP contribution in [0.5, 0.6) is 11.5 Å². The molecule has 0 radical (unpaired) electrons. The molecule has 3 rings (SSSR count). The van der Waals surface area contributed by atoms with Crippen molar-refractivity contribution in [1.29, 1.82) is 0 Å². The van der Waals surface area contributed by atoms with E-state index in [4.69, 9.17) is 33.3 Å². The van der Waals surface area contributed by atoms with Gasteiger partial charge in [-0.25, -0.2) is 0 Å². The zero-order chi connectivity index (χ0) is 17.8. The van der Waals surface area contributed by atoms with Gasteiger partial charge in [0.15, 0.2) is 11.5 Å². The Morgan fingerprint density at radius 2 is 1.96 bits per heavy atom. The summed E-state index contributed by atoms with van der Waals surface area (Å²) < 4.78 is 11.7. The molecule has 128 valence electrons. The quantitative estimate of drug-likeness (QED) is 0.604. The Kier molecular flexibility index (Phi) is 5.63. The van der Waals surface area contributed by atoms with Gasteiger partial charge in [-0.3, -0.25) is 4.79 Å². The molecule has 0 spiro atoms. The minimum atomic E-state index is -0.183. The highest BCUT2D eigenvalue weighted by atomic mass is 35.5. The molecule has 1 heterocycles. The lowest BCUT2D eigenvalue weighted by Gasteiger charge is -2.11. The number of rotatable bonds is 5. The van der Waals surface area contributed by atoms with Crippen LogP contribution >= 0.6 is 35.6 Å². The molecule has 0 unspecified atom stereocenters. The molecular formula is C18H14ClNO3S2. The summed E-state index contributed by atoms with van der Waals surface area (Å²) in [5.74, 6) is 1.03. The van der Waals surface area contributed by atoms with E-state index in [9.17, 15) is 4.79 Å². The third-order valence-corrected chi connectivity index (χ3v) is 4.85. The minimum absolute atomic E-state index is 0.183. The van der Waals surface area contributed by atoms with Gasteiger partial charge in [-0.15, -0.1) is 0 Å². The van der Waals surface area contributed by atoms with Gasteiger partial charge in [0.25, 0.3) is 5.91 Å². The van der Waals surface area contributed by atoms with E-state index >= 15 is 0 Å². The van der Waals surface area contributed by atoms with E-state index in [1.54, 1.807) is 13.2 Å². The summed E-state index contributed by atoms with van der Waals surface area (Å²) in [6, 6.07) is 13.0. The van der Waals surface area contributed by atoms with E-state index in [-0.39, 0.29) is 5.91 Å².